The number of hydrogen-bond donors (Lipinski definition) is 1. The fourth-order valence-corrected chi connectivity index (χ4v) is 2.30. The van der Waals surface area contributed by atoms with Crippen molar-refractivity contribution in [2.24, 2.45) is 5.92 Å². The van der Waals surface area contributed by atoms with Gasteiger partial charge >= 0.3 is 6.09 Å². The van der Waals surface area contributed by atoms with E-state index in [1.54, 1.807) is 0 Å². The van der Waals surface area contributed by atoms with Crippen LogP contribution in [-0.4, -0.2) is 43.8 Å². The highest BCUT2D eigenvalue weighted by Gasteiger charge is 2.23. The van der Waals surface area contributed by atoms with Crippen molar-refractivity contribution in [3.05, 3.63) is 0 Å². The molecule has 1 N–H and O–H groups in total. The largest absolute Gasteiger partial charge is 0.453 e. The lowest BCUT2D eigenvalue weighted by molar-refractivity contribution is 0.120. The van der Waals surface area contributed by atoms with Gasteiger partial charge in [0.25, 0.3) is 0 Å². The van der Waals surface area contributed by atoms with Gasteiger partial charge < -0.3 is 10.1 Å². The van der Waals surface area contributed by atoms with E-state index in [-0.39, 0.29) is 6.09 Å². The molecule has 0 aromatic heterocycles. The standard InChI is InChI=1S/C12H24N2O2/c1-10(2)11(9-13-12(15)16-3)14-7-5-4-6-8-14/h10-11H,4-9H2,1-3H3,(H,13,15). The van der Waals surface area contributed by atoms with E-state index in [1.165, 1.54) is 26.4 Å². The van der Waals surface area contributed by atoms with Crippen LogP contribution >= 0.6 is 0 Å². The molecule has 16 heavy (non-hydrogen) atoms. The van der Waals surface area contributed by atoms with E-state index in [2.05, 4.69) is 28.8 Å². The normalized spacial score (nSPS) is 19.5. The molecule has 4 heteroatoms. The van der Waals surface area contributed by atoms with Crippen LogP contribution in [0.5, 0.6) is 0 Å². The molecule has 0 bridgehead atoms. The van der Waals surface area contributed by atoms with Gasteiger partial charge in [0.2, 0.25) is 0 Å². The average Bonchev–Trinajstić information content (AvgIpc) is 2.30. The molecule has 0 aromatic carbocycles. The maximum absolute atomic E-state index is 11.1. The first-order valence-corrected chi connectivity index (χ1v) is 6.21. The van der Waals surface area contributed by atoms with Gasteiger partial charge in [0.1, 0.15) is 0 Å². The topological polar surface area (TPSA) is 41.6 Å². The van der Waals surface area contributed by atoms with Crippen molar-refractivity contribution in [3.63, 3.8) is 0 Å². The molecular weight excluding hydrogens is 204 g/mol. The summed E-state index contributed by atoms with van der Waals surface area (Å²) < 4.78 is 4.60. The predicted octanol–water partition coefficient (Wildman–Crippen LogP) is 1.85. The summed E-state index contributed by atoms with van der Waals surface area (Å²) in [4.78, 5) is 13.6. The fourth-order valence-electron chi connectivity index (χ4n) is 2.30. The number of alkyl carbamates (subject to hydrolysis) is 1. The number of methoxy groups -OCH3 is 1. The summed E-state index contributed by atoms with van der Waals surface area (Å²) in [6.07, 6.45) is 3.57. The van der Waals surface area contributed by atoms with E-state index >= 15 is 0 Å². The van der Waals surface area contributed by atoms with E-state index in [0.717, 1.165) is 13.1 Å². The third-order valence-corrected chi connectivity index (χ3v) is 3.27. The van der Waals surface area contributed by atoms with Gasteiger partial charge in [-0.2, -0.15) is 0 Å². The Morgan fingerprint density at radius 3 is 2.44 bits per heavy atom. The number of hydrogen-bond acceptors (Lipinski definition) is 3. The van der Waals surface area contributed by atoms with Crippen LogP contribution in [0.4, 0.5) is 4.79 Å². The number of nitrogens with one attached hydrogen (secondary N) is 1. The van der Waals surface area contributed by atoms with Crippen LogP contribution in [0.2, 0.25) is 0 Å². The first-order valence-electron chi connectivity index (χ1n) is 6.21. The number of nitrogens with zero attached hydrogens (tertiary/aromatic N) is 1. The van der Waals surface area contributed by atoms with Crippen molar-refractivity contribution in [1.29, 1.82) is 0 Å². The van der Waals surface area contributed by atoms with Crippen LogP contribution in [0, 0.1) is 5.92 Å². The third kappa shape index (κ3) is 4.00. The zero-order chi connectivity index (χ0) is 12.0. The molecule has 0 spiro atoms. The smallest absolute Gasteiger partial charge is 0.406 e. The molecule has 1 aliphatic heterocycles. The van der Waals surface area contributed by atoms with E-state index in [4.69, 9.17) is 0 Å². The van der Waals surface area contributed by atoms with Gasteiger partial charge in [-0.15, -0.1) is 0 Å². The lowest BCUT2D eigenvalue weighted by Crippen LogP contribution is -2.48. The molecule has 1 rings (SSSR count). The highest BCUT2D eigenvalue weighted by atomic mass is 16.5. The summed E-state index contributed by atoms with van der Waals surface area (Å²) in [5, 5.41) is 2.81. The monoisotopic (exact) mass is 228 g/mol. The van der Waals surface area contributed by atoms with Gasteiger partial charge in [-0.25, -0.2) is 4.79 Å². The first kappa shape index (κ1) is 13.3. The Kier molecular flexibility index (Phi) is 5.60. The molecule has 0 aromatic rings. The van der Waals surface area contributed by atoms with Crippen molar-refractivity contribution in [2.75, 3.05) is 26.7 Å². The predicted molar refractivity (Wildman–Crippen MR) is 64.5 cm³/mol. The van der Waals surface area contributed by atoms with E-state index < -0.39 is 0 Å². The second kappa shape index (κ2) is 6.74. The minimum Gasteiger partial charge on any atom is -0.453 e. The van der Waals surface area contributed by atoms with Gasteiger partial charge in [-0.05, 0) is 31.8 Å². The Hall–Kier alpha value is -0.770. The van der Waals surface area contributed by atoms with E-state index in [0.29, 0.717) is 18.5 Å². The minimum absolute atomic E-state index is 0.331. The molecule has 4 nitrogen and oxygen atoms in total. The molecule has 1 fully saturated rings. The lowest BCUT2D eigenvalue weighted by atomic mass is 9.99. The van der Waals surface area contributed by atoms with Gasteiger partial charge in [0.15, 0.2) is 0 Å². The lowest BCUT2D eigenvalue weighted by Gasteiger charge is -2.36. The third-order valence-electron chi connectivity index (χ3n) is 3.27. The molecule has 1 heterocycles. The molecule has 0 aliphatic carbocycles. The number of likely N-dealkylation sites (tertiary alicyclic amines) is 1. The van der Waals surface area contributed by atoms with Gasteiger partial charge in [0.05, 0.1) is 7.11 Å². The molecule has 1 amide bonds. The Bertz CT molecular complexity index is 213. The summed E-state index contributed by atoms with van der Waals surface area (Å²) in [5.41, 5.74) is 0. The van der Waals surface area contributed by atoms with Gasteiger partial charge in [-0.3, -0.25) is 4.90 Å². The van der Waals surface area contributed by atoms with Gasteiger partial charge in [-0.1, -0.05) is 20.3 Å². The van der Waals surface area contributed by atoms with Crippen molar-refractivity contribution in [2.45, 2.75) is 39.2 Å². The number of amides is 1. The van der Waals surface area contributed by atoms with Crippen LogP contribution in [-0.2, 0) is 4.74 Å². The van der Waals surface area contributed by atoms with Crippen LogP contribution in [0.1, 0.15) is 33.1 Å². The van der Waals surface area contributed by atoms with Crippen molar-refractivity contribution >= 4 is 6.09 Å². The Balaban J connectivity index is 2.42. The molecule has 1 saturated heterocycles. The molecule has 1 aliphatic rings. The summed E-state index contributed by atoms with van der Waals surface area (Å²) in [5.74, 6) is 0.551. The highest BCUT2D eigenvalue weighted by molar-refractivity contribution is 5.66. The number of carbonyl (C=O) groups is 1. The molecule has 1 unspecified atom stereocenters. The van der Waals surface area contributed by atoms with E-state index in [9.17, 15) is 4.79 Å². The number of ether oxygens (including phenoxy) is 1. The van der Waals surface area contributed by atoms with Crippen LogP contribution in [0.3, 0.4) is 0 Å². The Morgan fingerprint density at radius 2 is 1.94 bits per heavy atom. The molecule has 1 atom stereocenters. The van der Waals surface area contributed by atoms with Crippen molar-refractivity contribution in [1.82, 2.24) is 10.2 Å². The first-order chi connectivity index (χ1) is 7.65. The van der Waals surface area contributed by atoms with Crippen LogP contribution in [0.25, 0.3) is 0 Å². The number of rotatable bonds is 4. The van der Waals surface area contributed by atoms with E-state index in [1.807, 2.05) is 0 Å². The van der Waals surface area contributed by atoms with Crippen LogP contribution < -0.4 is 5.32 Å². The molecular formula is C12H24N2O2. The Morgan fingerprint density at radius 1 is 1.31 bits per heavy atom. The number of carbonyl (C=O) groups excluding carboxylic acids is 1. The minimum atomic E-state index is -0.331. The zero-order valence-electron chi connectivity index (χ0n) is 10.7. The SMILES string of the molecule is COC(=O)NCC(C(C)C)N1CCCCC1. The fraction of sp³-hybridized carbons (Fsp3) is 0.917. The van der Waals surface area contributed by atoms with Crippen LogP contribution in [0.15, 0.2) is 0 Å². The summed E-state index contributed by atoms with van der Waals surface area (Å²) in [7, 11) is 1.40. The second-order valence-electron chi connectivity index (χ2n) is 4.78. The molecule has 0 saturated carbocycles. The second-order valence-corrected chi connectivity index (χ2v) is 4.78. The van der Waals surface area contributed by atoms with Crippen molar-refractivity contribution in [3.8, 4) is 0 Å². The summed E-state index contributed by atoms with van der Waals surface area (Å²) >= 11 is 0. The van der Waals surface area contributed by atoms with Crippen molar-refractivity contribution < 1.29 is 9.53 Å². The summed E-state index contributed by atoms with van der Waals surface area (Å²) in [6.45, 7) is 7.41. The number of piperidine rings is 1. The quantitative estimate of drug-likeness (QED) is 0.798. The highest BCUT2D eigenvalue weighted by Crippen LogP contribution is 2.16. The average molecular weight is 228 g/mol. The Labute approximate surface area is 98.3 Å². The maximum atomic E-state index is 11.1. The summed E-state index contributed by atoms with van der Waals surface area (Å²) in [6, 6.07) is 0.430. The molecule has 0 radical (unpaired) electrons. The zero-order valence-corrected chi connectivity index (χ0v) is 10.7. The van der Waals surface area contributed by atoms with Gasteiger partial charge in [0, 0.05) is 12.6 Å². The molecule has 94 valence electrons. The maximum Gasteiger partial charge on any atom is 0.406 e.